The predicted molar refractivity (Wildman–Crippen MR) is 89.1 cm³/mol. The van der Waals surface area contributed by atoms with Crippen molar-refractivity contribution in [3.05, 3.63) is 71.8 Å². The second-order valence-corrected chi connectivity index (χ2v) is 5.53. The van der Waals surface area contributed by atoms with Crippen molar-refractivity contribution in [3.8, 4) is 0 Å². The van der Waals surface area contributed by atoms with Crippen LogP contribution < -0.4 is 0 Å². The third-order valence-corrected chi connectivity index (χ3v) is 3.87. The number of carbonyl (C=O) groups is 2. The summed E-state index contributed by atoms with van der Waals surface area (Å²) < 4.78 is 9.51. The highest BCUT2D eigenvalue weighted by atomic mass is 16.6. The molecule has 0 heterocycles. The maximum Gasteiger partial charge on any atom is 0.326 e. The van der Waals surface area contributed by atoms with Gasteiger partial charge in [-0.3, -0.25) is 9.59 Å². The Labute approximate surface area is 145 Å². The maximum atomic E-state index is 12.6. The van der Waals surface area contributed by atoms with E-state index in [0.717, 1.165) is 11.1 Å². The molecule has 0 radical (unpaired) electrons. The smallest absolute Gasteiger partial charge is 0.326 e. The number of benzene rings is 2. The molecule has 0 unspecified atom stereocenters. The molecule has 0 atom stereocenters. The highest BCUT2D eigenvalue weighted by molar-refractivity contribution is 6.00. The average molecular weight is 344 g/mol. The fourth-order valence-corrected chi connectivity index (χ4v) is 2.72. The molecule has 2 aromatic rings. The average Bonchev–Trinajstić information content (AvgIpc) is 2.63. The van der Waals surface area contributed by atoms with Gasteiger partial charge in [0.2, 0.25) is 0 Å². The van der Waals surface area contributed by atoms with Gasteiger partial charge >= 0.3 is 11.9 Å². The molecule has 0 bridgehead atoms. The molecule has 6 nitrogen and oxygen atoms in total. The van der Waals surface area contributed by atoms with E-state index >= 15 is 0 Å². The molecule has 2 aromatic carbocycles. The van der Waals surface area contributed by atoms with E-state index in [9.17, 15) is 9.59 Å². The Balaban J connectivity index is 2.47. The summed E-state index contributed by atoms with van der Waals surface area (Å²) in [5, 5.41) is 18.0. The lowest BCUT2D eigenvalue weighted by Gasteiger charge is -2.29. The Hall–Kier alpha value is -2.70. The molecule has 0 saturated heterocycles. The minimum atomic E-state index is -1.71. The van der Waals surface area contributed by atoms with Crippen molar-refractivity contribution >= 4 is 11.9 Å². The van der Waals surface area contributed by atoms with Gasteiger partial charge in [-0.05, 0) is 24.0 Å². The molecule has 132 valence electrons. The number of carbonyl (C=O) groups excluding carboxylic acids is 2. The Kier molecular flexibility index (Phi) is 6.68. The molecule has 2 rings (SSSR count). The van der Waals surface area contributed by atoms with Crippen molar-refractivity contribution in [1.29, 1.82) is 0 Å². The van der Waals surface area contributed by atoms with E-state index in [4.69, 9.17) is 19.7 Å². The standard InChI is InChI=1S/C19H20O6/c20-13-24-17(22)19(18(23)25-14-21,11-15-7-3-1-4-8-15)12-16-9-5-2-6-10-16/h1-10,20-21H,11-14H2. The van der Waals surface area contributed by atoms with Crippen molar-refractivity contribution in [1.82, 2.24) is 0 Å². The Bertz CT molecular complexity index is 622. The van der Waals surface area contributed by atoms with Crippen LogP contribution in [0.2, 0.25) is 0 Å². The van der Waals surface area contributed by atoms with Crippen molar-refractivity contribution in [2.45, 2.75) is 12.8 Å². The molecule has 2 N–H and O–H groups in total. The lowest BCUT2D eigenvalue weighted by Crippen LogP contribution is -2.46. The minimum Gasteiger partial charge on any atom is -0.438 e. The Morgan fingerprint density at radius 1 is 0.720 bits per heavy atom. The largest absolute Gasteiger partial charge is 0.438 e. The lowest BCUT2D eigenvalue weighted by molar-refractivity contribution is -0.181. The maximum absolute atomic E-state index is 12.6. The van der Waals surface area contributed by atoms with Crippen molar-refractivity contribution in [3.63, 3.8) is 0 Å². The van der Waals surface area contributed by atoms with Crippen LogP contribution >= 0.6 is 0 Å². The second-order valence-electron chi connectivity index (χ2n) is 5.53. The van der Waals surface area contributed by atoms with Crippen LogP contribution in [0.25, 0.3) is 0 Å². The van der Waals surface area contributed by atoms with Crippen LogP contribution in [0.4, 0.5) is 0 Å². The van der Waals surface area contributed by atoms with Gasteiger partial charge in [0, 0.05) is 0 Å². The van der Waals surface area contributed by atoms with E-state index in [-0.39, 0.29) is 12.8 Å². The number of aliphatic hydroxyl groups excluding tert-OH is 2. The van der Waals surface area contributed by atoms with Gasteiger partial charge in [-0.2, -0.15) is 0 Å². The summed E-state index contributed by atoms with van der Waals surface area (Å²) in [6, 6.07) is 17.9. The summed E-state index contributed by atoms with van der Waals surface area (Å²) in [4.78, 5) is 25.3. The number of ether oxygens (including phenoxy) is 2. The molecule has 0 aromatic heterocycles. The van der Waals surface area contributed by atoms with Gasteiger partial charge in [-0.1, -0.05) is 60.7 Å². The minimum absolute atomic E-state index is 0.0143. The quantitative estimate of drug-likeness (QED) is 0.428. The molecular formula is C19H20O6. The molecule has 0 aliphatic carbocycles. The fraction of sp³-hybridized carbons (Fsp3) is 0.263. The molecule has 0 aliphatic heterocycles. The van der Waals surface area contributed by atoms with Gasteiger partial charge in [0.15, 0.2) is 19.0 Å². The topological polar surface area (TPSA) is 93.1 Å². The van der Waals surface area contributed by atoms with Crippen LogP contribution in [0, 0.1) is 5.41 Å². The van der Waals surface area contributed by atoms with Crippen LogP contribution in [-0.2, 0) is 31.9 Å². The Morgan fingerprint density at radius 2 is 1.08 bits per heavy atom. The van der Waals surface area contributed by atoms with Gasteiger partial charge in [0.1, 0.15) is 0 Å². The van der Waals surface area contributed by atoms with E-state index < -0.39 is 30.9 Å². The number of rotatable bonds is 8. The van der Waals surface area contributed by atoms with Crippen LogP contribution in [-0.4, -0.2) is 35.7 Å². The van der Waals surface area contributed by atoms with Gasteiger partial charge in [0.25, 0.3) is 0 Å². The van der Waals surface area contributed by atoms with E-state index in [1.807, 2.05) is 12.1 Å². The number of hydrogen-bond acceptors (Lipinski definition) is 6. The van der Waals surface area contributed by atoms with Crippen molar-refractivity contribution < 1.29 is 29.3 Å². The van der Waals surface area contributed by atoms with Crippen LogP contribution in [0.1, 0.15) is 11.1 Å². The number of aliphatic hydroxyl groups is 2. The molecule has 0 amide bonds. The van der Waals surface area contributed by atoms with E-state index in [2.05, 4.69) is 0 Å². The molecular weight excluding hydrogens is 324 g/mol. The van der Waals surface area contributed by atoms with Crippen LogP contribution in [0.5, 0.6) is 0 Å². The summed E-state index contributed by atoms with van der Waals surface area (Å²) in [6.07, 6.45) is 0.0286. The molecule has 25 heavy (non-hydrogen) atoms. The summed E-state index contributed by atoms with van der Waals surface area (Å²) in [6.45, 7) is -1.70. The van der Waals surface area contributed by atoms with E-state index in [1.54, 1.807) is 48.5 Å². The molecule has 0 fully saturated rings. The van der Waals surface area contributed by atoms with Gasteiger partial charge in [-0.25, -0.2) is 0 Å². The van der Waals surface area contributed by atoms with Crippen molar-refractivity contribution in [2.75, 3.05) is 13.6 Å². The number of hydrogen-bond donors (Lipinski definition) is 2. The highest BCUT2D eigenvalue weighted by Gasteiger charge is 2.49. The van der Waals surface area contributed by atoms with Gasteiger partial charge < -0.3 is 19.7 Å². The summed E-state index contributed by atoms with van der Waals surface area (Å²) >= 11 is 0. The highest BCUT2D eigenvalue weighted by Crippen LogP contribution is 2.32. The molecule has 0 saturated carbocycles. The SMILES string of the molecule is O=C(OCO)C(Cc1ccccc1)(Cc1ccccc1)C(=O)OCO. The zero-order valence-electron chi connectivity index (χ0n) is 13.6. The first kappa shape index (κ1) is 18.6. The monoisotopic (exact) mass is 344 g/mol. The van der Waals surface area contributed by atoms with Crippen LogP contribution in [0.15, 0.2) is 60.7 Å². The predicted octanol–water partition coefficient (Wildman–Crippen LogP) is 1.44. The summed E-state index contributed by atoms with van der Waals surface area (Å²) in [7, 11) is 0. The van der Waals surface area contributed by atoms with Gasteiger partial charge in [-0.15, -0.1) is 0 Å². The first-order valence-corrected chi connectivity index (χ1v) is 7.76. The first-order chi connectivity index (χ1) is 12.1. The second kappa shape index (κ2) is 8.96. The zero-order chi connectivity index (χ0) is 18.1. The van der Waals surface area contributed by atoms with E-state index in [0.29, 0.717) is 0 Å². The third-order valence-electron chi connectivity index (χ3n) is 3.87. The summed E-state index contributed by atoms with van der Waals surface area (Å²) in [5.74, 6) is -1.80. The molecule has 0 aliphatic rings. The third kappa shape index (κ3) is 4.65. The number of esters is 2. The molecule has 6 heteroatoms. The first-order valence-electron chi connectivity index (χ1n) is 7.76. The van der Waals surface area contributed by atoms with Crippen LogP contribution in [0.3, 0.4) is 0 Å². The summed E-state index contributed by atoms with van der Waals surface area (Å²) in [5.41, 5.74) is -0.264. The fourth-order valence-electron chi connectivity index (χ4n) is 2.72. The zero-order valence-corrected chi connectivity index (χ0v) is 13.6. The van der Waals surface area contributed by atoms with Crippen molar-refractivity contribution in [2.24, 2.45) is 5.41 Å². The molecule has 0 spiro atoms. The van der Waals surface area contributed by atoms with E-state index in [1.165, 1.54) is 0 Å². The van der Waals surface area contributed by atoms with Gasteiger partial charge in [0.05, 0.1) is 0 Å². The Morgan fingerprint density at radius 3 is 1.40 bits per heavy atom. The normalized spacial score (nSPS) is 11.0. The lowest BCUT2D eigenvalue weighted by atomic mass is 9.76.